The maximum absolute atomic E-state index is 10.7. The molecule has 0 saturated heterocycles. The van der Waals surface area contributed by atoms with Crippen molar-refractivity contribution >= 4 is 19.6 Å². The summed E-state index contributed by atoms with van der Waals surface area (Å²) >= 11 is 1.57. The van der Waals surface area contributed by atoms with Crippen molar-refractivity contribution in [2.24, 2.45) is 0 Å². The Morgan fingerprint density at radius 1 is 0.684 bits per heavy atom. The fourth-order valence-electron chi connectivity index (χ4n) is 1.40. The van der Waals surface area contributed by atoms with Crippen LogP contribution in [-0.4, -0.2) is 12.0 Å². The van der Waals surface area contributed by atoms with Crippen LogP contribution in [0.1, 0.15) is 58.3 Å². The Kier molecular flexibility index (Phi) is 9.81. The zero-order valence-corrected chi connectivity index (χ0v) is 13.3. The summed E-state index contributed by atoms with van der Waals surface area (Å²) in [7, 11) is -10.7. The van der Waals surface area contributed by atoms with Gasteiger partial charge in [-0.1, -0.05) is 45.4 Å². The van der Waals surface area contributed by atoms with Gasteiger partial charge in [-0.25, -0.2) is 0 Å². The van der Waals surface area contributed by atoms with Crippen LogP contribution in [0.5, 0.6) is 0 Å². The Morgan fingerprint density at radius 3 is 1.32 bits per heavy atom. The summed E-state index contributed by atoms with van der Waals surface area (Å²) in [6.45, 7) is 2.28. The molecular weight excluding hydrogens is 309 g/mol. The van der Waals surface area contributed by atoms with E-state index < -0.39 is 7.81 Å². The van der Waals surface area contributed by atoms with Crippen molar-refractivity contribution in [2.45, 2.75) is 58.3 Å². The zero-order chi connectivity index (χ0) is 15.5. The average Bonchev–Trinajstić information content (AvgIpc) is 2.17. The van der Waals surface area contributed by atoms with Crippen molar-refractivity contribution in [2.75, 3.05) is 12.0 Å². The van der Waals surface area contributed by atoms with Gasteiger partial charge in [-0.2, -0.15) is 0 Å². The van der Waals surface area contributed by atoms with Gasteiger partial charge in [0.15, 0.2) is 0 Å². The van der Waals surface area contributed by atoms with Gasteiger partial charge in [-0.05, 0) is 24.6 Å². The molecule has 0 aromatic carbocycles. The van der Waals surface area contributed by atoms with E-state index in [9.17, 15) is 25.2 Å². The molecule has 0 aromatic heterocycles. The molecule has 0 radical (unpaired) electrons. The Bertz CT molecular complexity index is 191. The first-order chi connectivity index (χ1) is 8.36. The van der Waals surface area contributed by atoms with Crippen LogP contribution in [-0.2, 0) is 11.8 Å². The summed E-state index contributed by atoms with van der Waals surface area (Å²) in [6, 6.07) is 0. The van der Waals surface area contributed by atoms with E-state index in [1.807, 2.05) is 0 Å². The van der Waals surface area contributed by atoms with Crippen LogP contribution in [0.25, 0.3) is 0 Å². The molecule has 0 spiro atoms. The summed E-state index contributed by atoms with van der Waals surface area (Å²) in [5, 5.41) is 0. The molecule has 8 heteroatoms. The molecule has 0 atom stereocenters. The van der Waals surface area contributed by atoms with Gasteiger partial charge in [-0.15, -0.1) is 0 Å². The summed E-state index contributed by atoms with van der Waals surface area (Å²) in [5.41, 5.74) is 0. The monoisotopic (exact) mass is 334 g/mol. The van der Waals surface area contributed by atoms with Crippen LogP contribution in [0.15, 0.2) is 0 Å². The molecule has 0 aliphatic rings. The molecule has 0 bridgehead atoms. The Balaban J connectivity index is 0. The van der Waals surface area contributed by atoms with Gasteiger partial charge in [0, 0.05) is 0 Å². The molecule has 0 rings (SSSR count). The van der Waals surface area contributed by atoms with Crippen molar-refractivity contribution in [3.05, 3.63) is 0 Å². The number of rotatable bonds is 9. The second-order valence-electron chi connectivity index (χ2n) is 4.47. The van der Waals surface area contributed by atoms with Crippen molar-refractivity contribution in [1.29, 1.82) is 0 Å². The predicted octanol–water partition coefficient (Wildman–Crippen LogP) is 6.95. The molecule has 0 aliphatic heterocycles. The molecule has 0 saturated carbocycles. The van der Waals surface area contributed by atoms with Gasteiger partial charge in [0.05, 0.1) is 6.26 Å². The van der Waals surface area contributed by atoms with Crippen molar-refractivity contribution in [3.63, 3.8) is 0 Å². The van der Waals surface area contributed by atoms with E-state index in [4.69, 9.17) is 0 Å². The standard InChI is InChI=1S/C11H24S.F6P/c1-3-4-5-6-7-8-9-10-11-12-2;1-7(2,3,4,5)6/h3-11H2,1-2H3;/q;-1/p+1. The molecule has 0 nitrogen and oxygen atoms in total. The van der Waals surface area contributed by atoms with E-state index >= 15 is 0 Å². The normalized spacial score (nSPS) is 15.2. The third-order valence-corrected chi connectivity index (χ3v) is 3.00. The second-order valence-corrected chi connectivity index (χ2v) is 7.47. The van der Waals surface area contributed by atoms with Gasteiger partial charge in [0.2, 0.25) is 0 Å². The Morgan fingerprint density at radius 2 is 1.00 bits per heavy atom. The van der Waals surface area contributed by atoms with Crippen LogP contribution >= 0.6 is 7.81 Å². The molecule has 0 heterocycles. The Labute approximate surface area is 115 Å². The average molecular weight is 334 g/mol. The van der Waals surface area contributed by atoms with Gasteiger partial charge in [-0.3, -0.25) is 0 Å². The SMILES string of the molecule is CCCCCCCCCC[SH+]C.F[P-](F)(F)(F)(F)F. The summed E-state index contributed by atoms with van der Waals surface area (Å²) in [6.07, 6.45) is 13.8. The van der Waals surface area contributed by atoms with Gasteiger partial charge >= 0.3 is 33.0 Å². The van der Waals surface area contributed by atoms with Crippen LogP contribution in [0.4, 0.5) is 25.2 Å². The maximum atomic E-state index is 9.87. The minimum absolute atomic E-state index is 1.37. The third kappa shape index (κ3) is 56.1. The molecule has 0 fully saturated rings. The molecule has 19 heavy (non-hydrogen) atoms. The fraction of sp³-hybridized carbons (Fsp3) is 1.00. The molecule has 0 unspecified atom stereocenters. The number of unbranched alkanes of at least 4 members (excludes halogenated alkanes) is 7. The van der Waals surface area contributed by atoms with Crippen molar-refractivity contribution in [1.82, 2.24) is 0 Å². The molecule has 0 aromatic rings. The first kappa shape index (κ1) is 21.7. The van der Waals surface area contributed by atoms with Crippen LogP contribution in [0.3, 0.4) is 0 Å². The fourth-order valence-corrected chi connectivity index (χ4v) is 1.94. The topological polar surface area (TPSA) is 0 Å². The summed E-state index contributed by atoms with van der Waals surface area (Å²) < 4.78 is 59.2. The minimum atomic E-state index is -10.7. The quantitative estimate of drug-likeness (QED) is 0.141. The first-order valence-corrected chi connectivity index (χ1v) is 10.0. The van der Waals surface area contributed by atoms with E-state index in [0.717, 1.165) is 0 Å². The molecular formula is C11H25F6PS. The second kappa shape index (κ2) is 8.60. The zero-order valence-electron chi connectivity index (χ0n) is 11.5. The van der Waals surface area contributed by atoms with E-state index in [0.29, 0.717) is 0 Å². The summed E-state index contributed by atoms with van der Waals surface area (Å²) in [5.74, 6) is 1.41. The van der Waals surface area contributed by atoms with Gasteiger partial charge in [0.1, 0.15) is 5.75 Å². The van der Waals surface area contributed by atoms with E-state index in [1.54, 1.807) is 11.8 Å². The van der Waals surface area contributed by atoms with E-state index in [-0.39, 0.29) is 0 Å². The predicted molar refractivity (Wildman–Crippen MR) is 75.7 cm³/mol. The number of halogens is 6. The number of thiol groups is 1. The number of hydrogen-bond acceptors (Lipinski definition) is 0. The summed E-state index contributed by atoms with van der Waals surface area (Å²) in [4.78, 5) is 0. The van der Waals surface area contributed by atoms with Crippen LogP contribution in [0.2, 0.25) is 0 Å². The van der Waals surface area contributed by atoms with Crippen molar-refractivity contribution in [3.8, 4) is 0 Å². The Hall–Kier alpha value is 0.360. The van der Waals surface area contributed by atoms with E-state index in [2.05, 4.69) is 13.2 Å². The third-order valence-electron chi connectivity index (χ3n) is 2.24. The van der Waals surface area contributed by atoms with E-state index in [1.165, 1.54) is 57.1 Å². The molecule has 122 valence electrons. The van der Waals surface area contributed by atoms with Gasteiger partial charge < -0.3 is 0 Å². The first-order valence-electron chi connectivity index (χ1n) is 6.48. The molecule has 0 amide bonds. The van der Waals surface area contributed by atoms with Gasteiger partial charge in [0.25, 0.3) is 0 Å². The van der Waals surface area contributed by atoms with Crippen LogP contribution < -0.4 is 0 Å². The number of hydrogen-bond donors (Lipinski definition) is 0. The molecule has 0 aliphatic carbocycles. The van der Waals surface area contributed by atoms with Crippen molar-refractivity contribution < 1.29 is 25.2 Å². The van der Waals surface area contributed by atoms with Crippen LogP contribution in [0, 0.1) is 0 Å². The molecule has 0 N–H and O–H groups in total.